The van der Waals surface area contributed by atoms with Gasteiger partial charge in [-0.2, -0.15) is 0 Å². The van der Waals surface area contributed by atoms with Gasteiger partial charge < -0.3 is 0 Å². The van der Waals surface area contributed by atoms with Crippen LogP contribution in [0.3, 0.4) is 0 Å². The Morgan fingerprint density at radius 3 is 2.19 bits per heavy atom. The fraction of sp³-hybridized carbons (Fsp3) is 0.312. The van der Waals surface area contributed by atoms with E-state index < -0.39 is 21.0 Å². The fourth-order valence-electron chi connectivity index (χ4n) is 1.97. The molecule has 0 aliphatic heterocycles. The molecule has 0 amide bonds. The van der Waals surface area contributed by atoms with E-state index in [0.29, 0.717) is 15.8 Å². The van der Waals surface area contributed by atoms with Crippen molar-refractivity contribution in [2.45, 2.75) is 25.7 Å². The number of carbonyl (C=O) groups is 1. The Balaban J connectivity index is 2.56. The molecular weight excluding hydrogens is 308 g/mol. The molecule has 2 aromatic rings. The second kappa shape index (κ2) is 5.43. The number of carbonyl (C=O) groups excluding carboxylic acids is 1. The summed E-state index contributed by atoms with van der Waals surface area (Å²) in [5.74, 6) is -0.802. The van der Waals surface area contributed by atoms with Crippen LogP contribution in [0.4, 0.5) is 0 Å². The predicted octanol–water partition coefficient (Wildman–Crippen LogP) is 3.88. The number of benzene rings is 2. The van der Waals surface area contributed by atoms with Crippen molar-refractivity contribution in [2.75, 3.05) is 5.75 Å². The Morgan fingerprint density at radius 1 is 1.05 bits per heavy atom. The molecule has 0 saturated carbocycles. The minimum absolute atomic E-state index is 0.153. The molecule has 0 spiro atoms. The molecule has 2 rings (SSSR count). The smallest absolute Gasteiger partial charge is 0.186 e. The number of ketones is 1. The first kappa shape index (κ1) is 16.0. The van der Waals surface area contributed by atoms with Crippen molar-refractivity contribution in [3.05, 3.63) is 41.4 Å². The average Bonchev–Trinajstić information content (AvgIpc) is 2.37. The Morgan fingerprint density at radius 2 is 1.62 bits per heavy atom. The van der Waals surface area contributed by atoms with Crippen molar-refractivity contribution in [1.82, 2.24) is 0 Å². The number of hydrogen-bond donors (Lipinski definition) is 0. The van der Waals surface area contributed by atoms with Crippen LogP contribution in [0, 0.1) is 5.41 Å². The van der Waals surface area contributed by atoms with Gasteiger partial charge >= 0.3 is 0 Å². The zero-order valence-corrected chi connectivity index (χ0v) is 13.8. The molecule has 0 bridgehead atoms. The Kier molecular flexibility index (Phi) is 4.13. The van der Waals surface area contributed by atoms with Gasteiger partial charge in [-0.15, -0.1) is 0 Å². The molecule has 0 radical (unpaired) electrons. The summed E-state index contributed by atoms with van der Waals surface area (Å²) in [5.41, 5.74) is -0.685. The van der Waals surface area contributed by atoms with E-state index in [2.05, 4.69) is 0 Å². The fourth-order valence-corrected chi connectivity index (χ4v) is 3.92. The maximum atomic E-state index is 12.6. The quantitative estimate of drug-likeness (QED) is 0.860. The Bertz CT molecular complexity index is 802. The Hall–Kier alpha value is -1.39. The van der Waals surface area contributed by atoms with Crippen LogP contribution in [-0.2, 0) is 14.6 Å². The molecule has 0 aliphatic carbocycles. The molecule has 0 atom stereocenters. The number of Topliss-reactive ketones (excluding diaryl/α,β-unsaturated/α-hetero) is 1. The summed E-state index contributed by atoms with van der Waals surface area (Å²) in [6.07, 6.45) is 0. The maximum absolute atomic E-state index is 12.6. The van der Waals surface area contributed by atoms with Crippen LogP contribution in [-0.4, -0.2) is 20.0 Å². The van der Waals surface area contributed by atoms with Crippen molar-refractivity contribution in [2.24, 2.45) is 5.41 Å². The standard InChI is InChI=1S/C16H17ClO3S/c1-16(2,3)15(18)10-21(19,20)14-9-8-13(17)11-6-4-5-7-12(11)14/h4-9H,10H2,1-3H3. The molecule has 0 aromatic heterocycles. The number of hydrogen-bond acceptors (Lipinski definition) is 3. The van der Waals surface area contributed by atoms with Crippen LogP contribution in [0.2, 0.25) is 5.02 Å². The van der Waals surface area contributed by atoms with Crippen LogP contribution in [0.15, 0.2) is 41.3 Å². The first-order valence-electron chi connectivity index (χ1n) is 6.56. The second-order valence-corrected chi connectivity index (χ2v) is 8.39. The predicted molar refractivity (Wildman–Crippen MR) is 85.5 cm³/mol. The molecule has 2 aromatic carbocycles. The summed E-state index contributed by atoms with van der Waals surface area (Å²) in [7, 11) is -3.69. The summed E-state index contributed by atoms with van der Waals surface area (Å²) in [4.78, 5) is 12.2. The summed E-state index contributed by atoms with van der Waals surface area (Å²) < 4.78 is 25.1. The summed E-state index contributed by atoms with van der Waals surface area (Å²) >= 11 is 6.10. The molecule has 0 N–H and O–H groups in total. The van der Waals surface area contributed by atoms with E-state index in [0.717, 1.165) is 0 Å². The topological polar surface area (TPSA) is 51.2 Å². The number of halogens is 1. The second-order valence-electron chi connectivity index (χ2n) is 6.02. The van der Waals surface area contributed by atoms with E-state index in [-0.39, 0.29) is 10.7 Å². The van der Waals surface area contributed by atoms with Crippen LogP contribution in [0.25, 0.3) is 10.8 Å². The third-order valence-electron chi connectivity index (χ3n) is 3.32. The minimum Gasteiger partial charge on any atom is -0.298 e. The molecular formula is C16H17ClO3S. The molecule has 0 heterocycles. The normalized spacial score (nSPS) is 12.6. The van der Waals surface area contributed by atoms with E-state index in [1.165, 1.54) is 6.07 Å². The van der Waals surface area contributed by atoms with E-state index in [4.69, 9.17) is 11.6 Å². The van der Waals surface area contributed by atoms with Crippen LogP contribution >= 0.6 is 11.6 Å². The first-order valence-corrected chi connectivity index (χ1v) is 8.59. The molecule has 0 saturated heterocycles. The van der Waals surface area contributed by atoms with Crippen molar-refractivity contribution in [3.63, 3.8) is 0 Å². The molecule has 0 fully saturated rings. The van der Waals surface area contributed by atoms with E-state index in [9.17, 15) is 13.2 Å². The maximum Gasteiger partial charge on any atom is 0.186 e. The monoisotopic (exact) mass is 324 g/mol. The highest BCUT2D eigenvalue weighted by molar-refractivity contribution is 7.92. The van der Waals surface area contributed by atoms with Crippen LogP contribution in [0.1, 0.15) is 20.8 Å². The summed E-state index contributed by atoms with van der Waals surface area (Å²) in [6, 6.07) is 10.0. The van der Waals surface area contributed by atoms with Gasteiger partial charge in [0.15, 0.2) is 15.6 Å². The largest absolute Gasteiger partial charge is 0.298 e. The van der Waals surface area contributed by atoms with Gasteiger partial charge in [0.1, 0.15) is 5.75 Å². The van der Waals surface area contributed by atoms with Crippen molar-refractivity contribution in [1.29, 1.82) is 0 Å². The average molecular weight is 325 g/mol. The lowest BCUT2D eigenvalue weighted by Crippen LogP contribution is -2.28. The lowest BCUT2D eigenvalue weighted by atomic mass is 9.92. The molecule has 112 valence electrons. The zero-order chi connectivity index (χ0) is 15.8. The molecule has 5 heteroatoms. The number of sulfone groups is 1. The van der Waals surface area contributed by atoms with Crippen LogP contribution in [0.5, 0.6) is 0 Å². The first-order chi connectivity index (χ1) is 9.63. The van der Waals surface area contributed by atoms with Gasteiger partial charge in [-0.05, 0) is 12.1 Å². The van der Waals surface area contributed by atoms with Gasteiger partial charge in [0.2, 0.25) is 0 Å². The van der Waals surface area contributed by atoms with Crippen LogP contribution < -0.4 is 0 Å². The highest BCUT2D eigenvalue weighted by Gasteiger charge is 2.29. The highest BCUT2D eigenvalue weighted by atomic mass is 35.5. The molecule has 21 heavy (non-hydrogen) atoms. The third kappa shape index (κ3) is 3.27. The minimum atomic E-state index is -3.69. The Labute approximate surface area is 129 Å². The van der Waals surface area contributed by atoms with Gasteiger partial charge in [0.25, 0.3) is 0 Å². The van der Waals surface area contributed by atoms with E-state index in [1.54, 1.807) is 51.1 Å². The molecule has 0 unspecified atom stereocenters. The van der Waals surface area contributed by atoms with Crippen molar-refractivity contribution < 1.29 is 13.2 Å². The van der Waals surface area contributed by atoms with Gasteiger partial charge in [-0.3, -0.25) is 4.79 Å². The lowest BCUT2D eigenvalue weighted by Gasteiger charge is -2.17. The lowest BCUT2D eigenvalue weighted by molar-refractivity contribution is -0.123. The summed E-state index contributed by atoms with van der Waals surface area (Å²) in [6.45, 7) is 5.14. The van der Waals surface area contributed by atoms with Gasteiger partial charge in [0.05, 0.1) is 4.90 Å². The molecule has 0 aliphatic rings. The van der Waals surface area contributed by atoms with E-state index in [1.807, 2.05) is 0 Å². The van der Waals surface area contributed by atoms with Gasteiger partial charge in [0, 0.05) is 21.2 Å². The van der Waals surface area contributed by atoms with Gasteiger partial charge in [-0.25, -0.2) is 8.42 Å². The SMILES string of the molecule is CC(C)(C)C(=O)CS(=O)(=O)c1ccc(Cl)c2ccccc12. The van der Waals surface area contributed by atoms with Crippen molar-refractivity contribution >= 4 is 38.0 Å². The molecule has 3 nitrogen and oxygen atoms in total. The zero-order valence-electron chi connectivity index (χ0n) is 12.2. The van der Waals surface area contributed by atoms with Gasteiger partial charge in [-0.1, -0.05) is 56.6 Å². The van der Waals surface area contributed by atoms with Crippen molar-refractivity contribution in [3.8, 4) is 0 Å². The van der Waals surface area contributed by atoms with E-state index >= 15 is 0 Å². The number of fused-ring (bicyclic) bond motifs is 1. The summed E-state index contributed by atoms with van der Waals surface area (Å²) in [5, 5.41) is 1.71. The third-order valence-corrected chi connectivity index (χ3v) is 5.32. The highest BCUT2D eigenvalue weighted by Crippen LogP contribution is 2.30. The number of rotatable bonds is 3.